The molecule has 1 atom stereocenters. The van der Waals surface area contributed by atoms with Crippen LogP contribution in [0.3, 0.4) is 0 Å². The lowest BCUT2D eigenvalue weighted by Crippen LogP contribution is -2.33. The zero-order chi connectivity index (χ0) is 17.4. The number of amides is 1. The molecular weight excluding hydrogens is 340 g/mol. The Hall–Kier alpha value is -2.24. The second-order valence-corrected chi connectivity index (χ2v) is 5.78. The van der Waals surface area contributed by atoms with E-state index in [1.54, 1.807) is 6.07 Å². The van der Waals surface area contributed by atoms with E-state index in [4.69, 9.17) is 4.74 Å². The van der Waals surface area contributed by atoms with Crippen LogP contribution in [0.5, 0.6) is 5.75 Å². The Balaban J connectivity index is 0.00000312. The Kier molecular flexibility index (Phi) is 8.81. The molecule has 0 aromatic heterocycles. The highest BCUT2D eigenvalue weighted by atomic mass is 35.5. The van der Waals surface area contributed by atoms with Crippen molar-refractivity contribution in [3.8, 4) is 5.75 Å². The minimum atomic E-state index is -0.776. The van der Waals surface area contributed by atoms with E-state index in [0.29, 0.717) is 11.3 Å². The van der Waals surface area contributed by atoms with Crippen molar-refractivity contribution >= 4 is 24.0 Å². The molecule has 1 unspecified atom stereocenters. The summed E-state index contributed by atoms with van der Waals surface area (Å²) in [6.45, 7) is 4.21. The molecule has 0 fully saturated rings. The average Bonchev–Trinajstić information content (AvgIpc) is 2.58. The molecule has 0 aliphatic rings. The van der Waals surface area contributed by atoms with Gasteiger partial charge >= 0.3 is 0 Å². The summed E-state index contributed by atoms with van der Waals surface area (Å²) in [7, 11) is 0. The quantitative estimate of drug-likeness (QED) is 0.673. The standard InChI is InChI=1S/C19H24N2O3.ClH/c1-14(2)24-17-10-6-7-15(11-17)18(22)12-21-19(23)13-20-16-8-4-3-5-9-16;/h3-11,14,18,20,22H,12-13H2,1-2H3,(H,21,23);1H. The molecule has 25 heavy (non-hydrogen) atoms. The van der Waals surface area contributed by atoms with Crippen molar-refractivity contribution < 1.29 is 14.6 Å². The third kappa shape index (κ3) is 7.45. The van der Waals surface area contributed by atoms with Gasteiger partial charge in [-0.1, -0.05) is 30.3 Å². The SMILES string of the molecule is CC(C)Oc1cccc(C(O)CNC(=O)CNc2ccccc2)c1.Cl. The van der Waals surface area contributed by atoms with Crippen LogP contribution < -0.4 is 15.4 Å². The summed E-state index contributed by atoms with van der Waals surface area (Å²) in [6.07, 6.45) is -0.706. The maximum atomic E-state index is 11.9. The first kappa shape index (κ1) is 20.8. The summed E-state index contributed by atoms with van der Waals surface area (Å²) in [4.78, 5) is 11.9. The van der Waals surface area contributed by atoms with E-state index in [0.717, 1.165) is 5.69 Å². The molecule has 3 N–H and O–H groups in total. The van der Waals surface area contributed by atoms with Gasteiger partial charge in [0.25, 0.3) is 0 Å². The number of carbonyl (C=O) groups excluding carboxylic acids is 1. The van der Waals surface area contributed by atoms with Gasteiger partial charge in [0.15, 0.2) is 0 Å². The number of rotatable bonds is 8. The summed E-state index contributed by atoms with van der Waals surface area (Å²) in [6, 6.07) is 16.8. The van der Waals surface area contributed by atoms with E-state index in [1.165, 1.54) is 0 Å². The molecule has 0 radical (unpaired) electrons. The first-order valence-electron chi connectivity index (χ1n) is 8.05. The highest BCUT2D eigenvalue weighted by Gasteiger charge is 2.11. The predicted molar refractivity (Wildman–Crippen MR) is 102 cm³/mol. The largest absolute Gasteiger partial charge is 0.491 e. The fourth-order valence-corrected chi connectivity index (χ4v) is 2.20. The minimum Gasteiger partial charge on any atom is -0.491 e. The van der Waals surface area contributed by atoms with E-state index in [2.05, 4.69) is 10.6 Å². The maximum Gasteiger partial charge on any atom is 0.239 e. The number of halogens is 1. The van der Waals surface area contributed by atoms with Gasteiger partial charge in [0.1, 0.15) is 5.75 Å². The van der Waals surface area contributed by atoms with Crippen molar-refractivity contribution in [2.75, 3.05) is 18.4 Å². The number of hydrogen-bond donors (Lipinski definition) is 3. The number of aliphatic hydroxyl groups is 1. The van der Waals surface area contributed by atoms with Crippen LogP contribution in [0.1, 0.15) is 25.5 Å². The number of para-hydroxylation sites is 1. The van der Waals surface area contributed by atoms with Gasteiger partial charge in [-0.15, -0.1) is 12.4 Å². The number of benzene rings is 2. The van der Waals surface area contributed by atoms with Gasteiger partial charge in [0.05, 0.1) is 18.8 Å². The van der Waals surface area contributed by atoms with Crippen LogP contribution >= 0.6 is 12.4 Å². The van der Waals surface area contributed by atoms with Crippen LogP contribution in [-0.4, -0.2) is 30.2 Å². The third-order valence-corrected chi connectivity index (χ3v) is 3.33. The first-order chi connectivity index (χ1) is 11.5. The molecule has 2 aromatic rings. The zero-order valence-corrected chi connectivity index (χ0v) is 15.3. The summed E-state index contributed by atoms with van der Waals surface area (Å²) < 4.78 is 5.61. The number of ether oxygens (including phenoxy) is 1. The lowest BCUT2D eigenvalue weighted by molar-refractivity contribution is -0.119. The molecule has 1 amide bonds. The van der Waals surface area contributed by atoms with Crippen molar-refractivity contribution in [1.82, 2.24) is 5.32 Å². The molecule has 2 rings (SSSR count). The van der Waals surface area contributed by atoms with Crippen molar-refractivity contribution in [1.29, 1.82) is 0 Å². The average molecular weight is 365 g/mol. The second-order valence-electron chi connectivity index (χ2n) is 5.78. The molecule has 2 aromatic carbocycles. The smallest absolute Gasteiger partial charge is 0.239 e. The van der Waals surface area contributed by atoms with Gasteiger partial charge in [0.2, 0.25) is 5.91 Å². The summed E-state index contributed by atoms with van der Waals surface area (Å²) in [5.41, 5.74) is 1.59. The van der Waals surface area contributed by atoms with E-state index in [-0.39, 0.29) is 37.5 Å². The molecule has 136 valence electrons. The number of nitrogens with one attached hydrogen (secondary N) is 2. The molecule has 0 aliphatic carbocycles. The molecule has 5 nitrogen and oxygen atoms in total. The molecule has 0 spiro atoms. The Morgan fingerprint density at radius 3 is 2.52 bits per heavy atom. The van der Waals surface area contributed by atoms with Crippen LogP contribution in [0.15, 0.2) is 54.6 Å². The molecule has 0 heterocycles. The van der Waals surface area contributed by atoms with E-state index in [9.17, 15) is 9.90 Å². The van der Waals surface area contributed by atoms with Gasteiger partial charge in [-0.2, -0.15) is 0 Å². The zero-order valence-electron chi connectivity index (χ0n) is 14.4. The molecular formula is C19H25ClN2O3. The Morgan fingerprint density at radius 2 is 1.84 bits per heavy atom. The van der Waals surface area contributed by atoms with Crippen LogP contribution in [0, 0.1) is 0 Å². The first-order valence-corrected chi connectivity index (χ1v) is 8.05. The van der Waals surface area contributed by atoms with Gasteiger partial charge < -0.3 is 20.5 Å². The summed E-state index contributed by atoms with van der Waals surface area (Å²) >= 11 is 0. The van der Waals surface area contributed by atoms with E-state index in [1.807, 2.05) is 62.4 Å². The minimum absolute atomic E-state index is 0. The van der Waals surface area contributed by atoms with Crippen LogP contribution in [-0.2, 0) is 4.79 Å². The summed E-state index contributed by atoms with van der Waals surface area (Å²) in [5.74, 6) is 0.533. The maximum absolute atomic E-state index is 11.9. The third-order valence-electron chi connectivity index (χ3n) is 3.33. The van der Waals surface area contributed by atoms with Gasteiger partial charge in [-0.25, -0.2) is 0 Å². The van der Waals surface area contributed by atoms with Gasteiger partial charge in [0, 0.05) is 12.2 Å². The lowest BCUT2D eigenvalue weighted by atomic mass is 10.1. The highest BCUT2D eigenvalue weighted by Crippen LogP contribution is 2.19. The van der Waals surface area contributed by atoms with E-state index < -0.39 is 6.10 Å². The fraction of sp³-hybridized carbons (Fsp3) is 0.316. The topological polar surface area (TPSA) is 70.6 Å². The van der Waals surface area contributed by atoms with Crippen LogP contribution in [0.25, 0.3) is 0 Å². The molecule has 0 saturated heterocycles. The molecule has 0 aliphatic heterocycles. The lowest BCUT2D eigenvalue weighted by Gasteiger charge is -2.15. The van der Waals surface area contributed by atoms with Gasteiger partial charge in [-0.3, -0.25) is 4.79 Å². The Morgan fingerprint density at radius 1 is 1.12 bits per heavy atom. The predicted octanol–water partition coefficient (Wildman–Crippen LogP) is 3.16. The molecule has 0 bridgehead atoms. The van der Waals surface area contributed by atoms with Crippen LogP contribution in [0.4, 0.5) is 5.69 Å². The van der Waals surface area contributed by atoms with Crippen molar-refractivity contribution in [3.63, 3.8) is 0 Å². The highest BCUT2D eigenvalue weighted by molar-refractivity contribution is 5.85. The molecule has 6 heteroatoms. The number of anilines is 1. The normalized spacial score (nSPS) is 11.4. The number of carbonyl (C=O) groups is 1. The van der Waals surface area contributed by atoms with Crippen molar-refractivity contribution in [2.45, 2.75) is 26.1 Å². The Labute approximate surface area is 154 Å². The van der Waals surface area contributed by atoms with Crippen molar-refractivity contribution in [2.24, 2.45) is 0 Å². The number of hydrogen-bond acceptors (Lipinski definition) is 4. The number of aliphatic hydroxyl groups excluding tert-OH is 1. The van der Waals surface area contributed by atoms with Crippen molar-refractivity contribution in [3.05, 3.63) is 60.2 Å². The second kappa shape index (κ2) is 10.6. The Bertz CT molecular complexity index is 650. The fourth-order valence-electron chi connectivity index (χ4n) is 2.20. The molecule has 0 saturated carbocycles. The van der Waals surface area contributed by atoms with E-state index >= 15 is 0 Å². The van der Waals surface area contributed by atoms with Gasteiger partial charge in [-0.05, 0) is 43.7 Å². The monoisotopic (exact) mass is 364 g/mol. The summed E-state index contributed by atoms with van der Waals surface area (Å²) in [5, 5.41) is 16.0. The van der Waals surface area contributed by atoms with Crippen LogP contribution in [0.2, 0.25) is 0 Å².